The van der Waals surface area contributed by atoms with E-state index in [1.807, 2.05) is 6.07 Å². The number of oxazole rings is 1. The summed E-state index contributed by atoms with van der Waals surface area (Å²) in [6.07, 6.45) is 1.16. The van der Waals surface area contributed by atoms with Crippen LogP contribution in [0.2, 0.25) is 0 Å². The van der Waals surface area contributed by atoms with E-state index in [1.165, 1.54) is 12.1 Å². The number of nitrogens with two attached hydrogens (primary N) is 1. The van der Waals surface area contributed by atoms with Gasteiger partial charge in [0.15, 0.2) is 15.4 Å². The Hall–Kier alpha value is -1.86. The zero-order valence-electron chi connectivity index (χ0n) is 11.0. The van der Waals surface area contributed by atoms with Crippen molar-refractivity contribution in [1.82, 2.24) is 4.98 Å². The molecule has 0 atom stereocenters. The second-order valence-electron chi connectivity index (χ2n) is 4.69. The van der Waals surface area contributed by atoms with Gasteiger partial charge in [0.2, 0.25) is 5.89 Å². The maximum atomic E-state index is 11.6. The van der Waals surface area contributed by atoms with E-state index in [9.17, 15) is 8.42 Å². The van der Waals surface area contributed by atoms with Crippen molar-refractivity contribution in [3.63, 3.8) is 0 Å². The lowest BCUT2D eigenvalue weighted by atomic mass is 10.2. The van der Waals surface area contributed by atoms with Crippen molar-refractivity contribution in [1.29, 1.82) is 0 Å². The molecule has 0 aliphatic carbocycles. The molecule has 7 heteroatoms. The summed E-state index contributed by atoms with van der Waals surface area (Å²) < 4.78 is 29.6. The molecule has 2 N–H and O–H groups in total. The number of nitrogens with zero attached hydrogens (tertiary/aromatic N) is 1. The Balaban J connectivity index is 2.17. The number of fused-ring (bicyclic) bond motifs is 1. The van der Waals surface area contributed by atoms with Crippen LogP contribution in [0.15, 0.2) is 50.2 Å². The van der Waals surface area contributed by atoms with Gasteiger partial charge in [-0.05, 0) is 36.4 Å². The van der Waals surface area contributed by atoms with Crippen molar-refractivity contribution in [2.75, 3.05) is 12.0 Å². The summed E-state index contributed by atoms with van der Waals surface area (Å²) in [7, 11) is -3.27. The van der Waals surface area contributed by atoms with Crippen LogP contribution in [0.25, 0.3) is 22.6 Å². The molecule has 108 valence electrons. The highest BCUT2D eigenvalue weighted by atomic mass is 79.9. The highest BCUT2D eigenvalue weighted by Gasteiger charge is 2.13. The van der Waals surface area contributed by atoms with Crippen molar-refractivity contribution in [3.05, 3.63) is 40.9 Å². The molecule has 0 bridgehead atoms. The molecular formula is C14H11BrN2O3S. The molecule has 1 aromatic heterocycles. The molecule has 0 spiro atoms. The van der Waals surface area contributed by atoms with Crippen molar-refractivity contribution < 1.29 is 12.8 Å². The number of benzene rings is 2. The smallest absolute Gasteiger partial charge is 0.227 e. The van der Waals surface area contributed by atoms with Crippen LogP contribution in [0.5, 0.6) is 0 Å². The van der Waals surface area contributed by atoms with Crippen LogP contribution in [-0.4, -0.2) is 19.7 Å². The highest BCUT2D eigenvalue weighted by molar-refractivity contribution is 9.10. The largest absolute Gasteiger partial charge is 0.436 e. The molecule has 0 saturated carbocycles. The number of aromatic nitrogens is 1. The molecule has 21 heavy (non-hydrogen) atoms. The van der Waals surface area contributed by atoms with E-state index in [-0.39, 0.29) is 4.90 Å². The number of halogens is 1. The Morgan fingerprint density at radius 2 is 1.95 bits per heavy atom. The van der Waals surface area contributed by atoms with E-state index in [1.54, 1.807) is 18.2 Å². The predicted molar refractivity (Wildman–Crippen MR) is 84.7 cm³/mol. The topological polar surface area (TPSA) is 86.2 Å². The van der Waals surface area contributed by atoms with Crippen LogP contribution < -0.4 is 5.73 Å². The zero-order chi connectivity index (χ0) is 15.2. The van der Waals surface area contributed by atoms with Gasteiger partial charge >= 0.3 is 0 Å². The van der Waals surface area contributed by atoms with Crippen molar-refractivity contribution in [3.8, 4) is 11.5 Å². The summed E-state index contributed by atoms with van der Waals surface area (Å²) in [5.41, 5.74) is 8.11. The van der Waals surface area contributed by atoms with Gasteiger partial charge in [0.25, 0.3) is 0 Å². The van der Waals surface area contributed by atoms with Crippen molar-refractivity contribution >= 4 is 42.6 Å². The molecule has 2 aromatic carbocycles. The third-order valence-electron chi connectivity index (χ3n) is 2.95. The number of hydrogen-bond donors (Lipinski definition) is 1. The first kappa shape index (κ1) is 14.1. The van der Waals surface area contributed by atoms with Gasteiger partial charge in [-0.15, -0.1) is 0 Å². The number of sulfone groups is 1. The highest BCUT2D eigenvalue weighted by Crippen LogP contribution is 2.29. The predicted octanol–water partition coefficient (Wildman–Crippen LogP) is 3.24. The molecule has 5 nitrogen and oxygen atoms in total. The molecule has 0 aliphatic rings. The second-order valence-corrected chi connectivity index (χ2v) is 7.63. The fourth-order valence-corrected chi connectivity index (χ4v) is 3.15. The van der Waals surface area contributed by atoms with Crippen LogP contribution >= 0.6 is 15.9 Å². The van der Waals surface area contributed by atoms with Crippen LogP contribution in [0.4, 0.5) is 5.69 Å². The summed E-state index contributed by atoms with van der Waals surface area (Å²) in [5, 5.41) is 0. The summed E-state index contributed by atoms with van der Waals surface area (Å²) in [6, 6.07) is 9.95. The Bertz CT molecular complexity index is 928. The van der Waals surface area contributed by atoms with Gasteiger partial charge in [0.05, 0.1) is 4.90 Å². The van der Waals surface area contributed by atoms with E-state index in [0.29, 0.717) is 22.7 Å². The number of rotatable bonds is 2. The number of nitrogen functional groups attached to an aromatic ring is 1. The van der Waals surface area contributed by atoms with Gasteiger partial charge < -0.3 is 10.2 Å². The number of hydrogen-bond acceptors (Lipinski definition) is 5. The standard InChI is InChI=1S/C14H11BrN2O3S/c1-21(18,19)11-2-3-13-12(7-11)17-14(20-13)8-4-9(15)6-10(16)5-8/h2-7H,16H2,1H3. The van der Waals surface area contributed by atoms with Gasteiger partial charge in [0.1, 0.15) is 5.52 Å². The van der Waals surface area contributed by atoms with Gasteiger partial charge in [-0.2, -0.15) is 0 Å². The molecule has 0 unspecified atom stereocenters. The lowest BCUT2D eigenvalue weighted by Crippen LogP contribution is -1.95. The molecule has 1 heterocycles. The Morgan fingerprint density at radius 3 is 2.62 bits per heavy atom. The minimum absolute atomic E-state index is 0.212. The van der Waals surface area contributed by atoms with Crippen LogP contribution in [0.1, 0.15) is 0 Å². The Labute approximate surface area is 129 Å². The van der Waals surface area contributed by atoms with E-state index in [0.717, 1.165) is 16.3 Å². The van der Waals surface area contributed by atoms with Crippen LogP contribution in [-0.2, 0) is 9.84 Å². The maximum Gasteiger partial charge on any atom is 0.227 e. The lowest BCUT2D eigenvalue weighted by Gasteiger charge is -1.99. The molecule has 0 radical (unpaired) electrons. The summed E-state index contributed by atoms with van der Waals surface area (Å²) in [6.45, 7) is 0. The molecule has 0 fully saturated rings. The van der Waals surface area contributed by atoms with Gasteiger partial charge in [-0.25, -0.2) is 13.4 Å². The van der Waals surface area contributed by atoms with Gasteiger partial charge in [0, 0.05) is 22.0 Å². The second kappa shape index (κ2) is 4.85. The zero-order valence-corrected chi connectivity index (χ0v) is 13.4. The van der Waals surface area contributed by atoms with Gasteiger partial charge in [-0.3, -0.25) is 0 Å². The third-order valence-corrected chi connectivity index (χ3v) is 4.52. The first-order valence-electron chi connectivity index (χ1n) is 6.00. The number of anilines is 1. The summed E-state index contributed by atoms with van der Waals surface area (Å²) in [4.78, 5) is 4.54. The molecule has 3 rings (SSSR count). The third kappa shape index (κ3) is 2.79. The quantitative estimate of drug-likeness (QED) is 0.703. The SMILES string of the molecule is CS(=O)(=O)c1ccc2oc(-c3cc(N)cc(Br)c3)nc2c1. The Kier molecular flexibility index (Phi) is 3.26. The summed E-state index contributed by atoms with van der Waals surface area (Å²) >= 11 is 3.36. The fraction of sp³-hybridized carbons (Fsp3) is 0.0714. The van der Waals surface area contributed by atoms with E-state index in [2.05, 4.69) is 20.9 Å². The van der Waals surface area contributed by atoms with E-state index >= 15 is 0 Å². The average molecular weight is 367 g/mol. The first-order valence-corrected chi connectivity index (χ1v) is 8.68. The average Bonchev–Trinajstić information content (AvgIpc) is 2.79. The van der Waals surface area contributed by atoms with Crippen molar-refractivity contribution in [2.45, 2.75) is 4.90 Å². The van der Waals surface area contributed by atoms with E-state index < -0.39 is 9.84 Å². The monoisotopic (exact) mass is 366 g/mol. The minimum Gasteiger partial charge on any atom is -0.436 e. The van der Waals surface area contributed by atoms with Crippen molar-refractivity contribution in [2.24, 2.45) is 0 Å². The van der Waals surface area contributed by atoms with Gasteiger partial charge in [-0.1, -0.05) is 15.9 Å². The fourth-order valence-electron chi connectivity index (χ4n) is 2.00. The van der Waals surface area contributed by atoms with Crippen LogP contribution in [0.3, 0.4) is 0 Å². The lowest BCUT2D eigenvalue weighted by molar-refractivity contribution is 0.602. The minimum atomic E-state index is -3.27. The molecule has 3 aromatic rings. The summed E-state index contributed by atoms with van der Waals surface area (Å²) in [5.74, 6) is 0.392. The molecule has 0 saturated heterocycles. The normalized spacial score (nSPS) is 11.9. The van der Waals surface area contributed by atoms with E-state index in [4.69, 9.17) is 10.2 Å². The first-order chi connectivity index (χ1) is 9.83. The Morgan fingerprint density at radius 1 is 1.19 bits per heavy atom. The van der Waals surface area contributed by atoms with Crippen LogP contribution in [0, 0.1) is 0 Å². The molecule has 0 amide bonds. The molecule has 0 aliphatic heterocycles. The molecular weight excluding hydrogens is 356 g/mol. The maximum absolute atomic E-state index is 11.6.